The van der Waals surface area contributed by atoms with Gasteiger partial charge < -0.3 is 4.98 Å². The van der Waals surface area contributed by atoms with Crippen LogP contribution >= 0.6 is 0 Å². The van der Waals surface area contributed by atoms with E-state index in [0.29, 0.717) is 5.69 Å². The molecule has 0 bridgehead atoms. The molecule has 0 spiro atoms. The van der Waals surface area contributed by atoms with Crippen LogP contribution in [0.3, 0.4) is 0 Å². The number of pyridine rings is 2. The van der Waals surface area contributed by atoms with Crippen LogP contribution in [0.5, 0.6) is 0 Å². The van der Waals surface area contributed by atoms with Crippen LogP contribution in [0.2, 0.25) is 0 Å². The molecular formula is C11H7N3O. The van der Waals surface area contributed by atoms with E-state index >= 15 is 0 Å². The van der Waals surface area contributed by atoms with E-state index in [9.17, 15) is 4.79 Å². The predicted octanol–water partition coefficient (Wildman–Crippen LogP) is 1.31. The standard InChI is InChI=1S/C11H7N3O/c12-7-9-1-2-10(14-11(9)15)8-3-5-13-6-4-8/h1-6H,(H,14,15). The highest BCUT2D eigenvalue weighted by Gasteiger charge is 2.01. The molecule has 72 valence electrons. The molecule has 2 heterocycles. The Labute approximate surface area is 85.8 Å². The molecule has 0 fully saturated rings. The Kier molecular flexibility index (Phi) is 2.30. The highest BCUT2D eigenvalue weighted by molar-refractivity contribution is 5.58. The lowest BCUT2D eigenvalue weighted by molar-refractivity contribution is 1.21. The minimum Gasteiger partial charge on any atom is -0.321 e. The average Bonchev–Trinajstić information content (AvgIpc) is 2.30. The smallest absolute Gasteiger partial charge is 0.266 e. The van der Waals surface area contributed by atoms with Crippen molar-refractivity contribution >= 4 is 0 Å². The van der Waals surface area contributed by atoms with Crippen LogP contribution in [0.4, 0.5) is 0 Å². The van der Waals surface area contributed by atoms with Gasteiger partial charge in [-0.3, -0.25) is 9.78 Å². The van der Waals surface area contributed by atoms with E-state index < -0.39 is 0 Å². The van der Waals surface area contributed by atoms with Gasteiger partial charge in [-0.25, -0.2) is 0 Å². The van der Waals surface area contributed by atoms with Crippen LogP contribution in [0, 0.1) is 11.3 Å². The second-order valence-corrected chi connectivity index (χ2v) is 2.96. The number of hydrogen-bond donors (Lipinski definition) is 1. The summed E-state index contributed by atoms with van der Waals surface area (Å²) in [7, 11) is 0. The zero-order valence-electron chi connectivity index (χ0n) is 7.77. The first-order chi connectivity index (χ1) is 7.31. The molecule has 2 rings (SSSR count). The highest BCUT2D eigenvalue weighted by Crippen LogP contribution is 2.13. The molecule has 15 heavy (non-hydrogen) atoms. The van der Waals surface area contributed by atoms with E-state index in [-0.39, 0.29) is 11.1 Å². The molecule has 0 aromatic carbocycles. The van der Waals surface area contributed by atoms with Crippen LogP contribution in [0.15, 0.2) is 41.5 Å². The summed E-state index contributed by atoms with van der Waals surface area (Å²) in [6.45, 7) is 0. The number of rotatable bonds is 1. The highest BCUT2D eigenvalue weighted by atomic mass is 16.1. The van der Waals surface area contributed by atoms with Gasteiger partial charge in [0.25, 0.3) is 5.56 Å². The van der Waals surface area contributed by atoms with E-state index in [2.05, 4.69) is 9.97 Å². The van der Waals surface area contributed by atoms with Crippen molar-refractivity contribution in [2.45, 2.75) is 0 Å². The quantitative estimate of drug-likeness (QED) is 0.749. The van der Waals surface area contributed by atoms with E-state index in [1.165, 1.54) is 6.07 Å². The maximum Gasteiger partial charge on any atom is 0.266 e. The van der Waals surface area contributed by atoms with Gasteiger partial charge in [0.2, 0.25) is 0 Å². The molecule has 0 amide bonds. The van der Waals surface area contributed by atoms with Gasteiger partial charge in [-0.05, 0) is 24.3 Å². The number of nitrogens with one attached hydrogen (secondary N) is 1. The maximum atomic E-state index is 11.4. The van der Waals surface area contributed by atoms with Crippen molar-refractivity contribution in [3.8, 4) is 17.3 Å². The van der Waals surface area contributed by atoms with Crippen molar-refractivity contribution in [3.05, 3.63) is 52.6 Å². The van der Waals surface area contributed by atoms with Gasteiger partial charge in [0.15, 0.2) is 0 Å². The van der Waals surface area contributed by atoms with E-state index in [4.69, 9.17) is 5.26 Å². The van der Waals surface area contributed by atoms with Crippen LogP contribution in [0.1, 0.15) is 5.56 Å². The van der Waals surface area contributed by atoms with Gasteiger partial charge >= 0.3 is 0 Å². The second kappa shape index (κ2) is 3.76. The van der Waals surface area contributed by atoms with Gasteiger partial charge in [0.1, 0.15) is 11.6 Å². The van der Waals surface area contributed by atoms with Gasteiger partial charge in [0, 0.05) is 23.7 Å². The first-order valence-corrected chi connectivity index (χ1v) is 4.35. The summed E-state index contributed by atoms with van der Waals surface area (Å²) in [6.07, 6.45) is 3.29. The normalized spacial score (nSPS) is 9.53. The molecule has 0 atom stereocenters. The molecule has 0 aliphatic carbocycles. The molecule has 0 unspecified atom stereocenters. The summed E-state index contributed by atoms with van der Waals surface area (Å²) < 4.78 is 0. The van der Waals surface area contributed by atoms with E-state index in [1.807, 2.05) is 6.07 Å². The molecule has 0 saturated heterocycles. The Hall–Kier alpha value is -2.41. The summed E-state index contributed by atoms with van der Waals surface area (Å²) in [4.78, 5) is 17.9. The lowest BCUT2D eigenvalue weighted by atomic mass is 10.1. The first-order valence-electron chi connectivity index (χ1n) is 4.35. The molecule has 0 saturated carbocycles. The van der Waals surface area contributed by atoms with Crippen LogP contribution in [-0.4, -0.2) is 9.97 Å². The van der Waals surface area contributed by atoms with Crippen LogP contribution in [-0.2, 0) is 0 Å². The predicted molar refractivity (Wildman–Crippen MR) is 55.0 cm³/mol. The van der Waals surface area contributed by atoms with Crippen LogP contribution < -0.4 is 5.56 Å². The summed E-state index contributed by atoms with van der Waals surface area (Å²) >= 11 is 0. The molecule has 0 radical (unpaired) electrons. The molecule has 0 aliphatic rings. The number of aromatic nitrogens is 2. The van der Waals surface area contributed by atoms with Crippen molar-refractivity contribution in [3.63, 3.8) is 0 Å². The average molecular weight is 197 g/mol. The molecular weight excluding hydrogens is 190 g/mol. The maximum absolute atomic E-state index is 11.4. The van der Waals surface area contributed by atoms with E-state index in [0.717, 1.165) is 5.56 Å². The number of hydrogen-bond acceptors (Lipinski definition) is 3. The Bertz CT molecular complexity index is 566. The third-order valence-electron chi connectivity index (χ3n) is 2.02. The Morgan fingerprint density at radius 2 is 1.93 bits per heavy atom. The van der Waals surface area contributed by atoms with Crippen LogP contribution in [0.25, 0.3) is 11.3 Å². The fraction of sp³-hybridized carbons (Fsp3) is 0. The molecule has 0 aliphatic heterocycles. The topological polar surface area (TPSA) is 69.5 Å². The third-order valence-corrected chi connectivity index (χ3v) is 2.02. The summed E-state index contributed by atoms with van der Waals surface area (Å²) in [5.74, 6) is 0. The first kappa shape index (κ1) is 9.16. The number of H-pyrrole nitrogens is 1. The Morgan fingerprint density at radius 3 is 2.53 bits per heavy atom. The summed E-state index contributed by atoms with van der Waals surface area (Å²) in [6, 6.07) is 8.61. The van der Waals surface area contributed by atoms with E-state index in [1.54, 1.807) is 30.6 Å². The summed E-state index contributed by atoms with van der Waals surface area (Å²) in [5, 5.41) is 8.60. The van der Waals surface area contributed by atoms with Crippen molar-refractivity contribution in [2.75, 3.05) is 0 Å². The third kappa shape index (κ3) is 1.76. The van der Waals surface area contributed by atoms with Gasteiger partial charge in [-0.1, -0.05) is 0 Å². The Morgan fingerprint density at radius 1 is 1.20 bits per heavy atom. The molecule has 2 aromatic heterocycles. The summed E-state index contributed by atoms with van der Waals surface area (Å²) in [5.41, 5.74) is 1.30. The van der Waals surface area contributed by atoms with Crippen molar-refractivity contribution < 1.29 is 0 Å². The zero-order valence-corrected chi connectivity index (χ0v) is 7.77. The number of nitrogens with zero attached hydrogens (tertiary/aromatic N) is 2. The van der Waals surface area contributed by atoms with Crippen molar-refractivity contribution in [2.24, 2.45) is 0 Å². The lowest BCUT2D eigenvalue weighted by Gasteiger charge is -1.99. The molecule has 1 N–H and O–H groups in total. The lowest BCUT2D eigenvalue weighted by Crippen LogP contribution is -2.09. The minimum atomic E-state index is -0.369. The number of nitriles is 1. The molecule has 2 aromatic rings. The van der Waals surface area contributed by atoms with Gasteiger partial charge in [0.05, 0.1) is 0 Å². The molecule has 4 nitrogen and oxygen atoms in total. The van der Waals surface area contributed by atoms with Crippen molar-refractivity contribution in [1.29, 1.82) is 5.26 Å². The fourth-order valence-corrected chi connectivity index (χ4v) is 1.26. The largest absolute Gasteiger partial charge is 0.321 e. The molecule has 4 heteroatoms. The number of aromatic amines is 1. The fourth-order valence-electron chi connectivity index (χ4n) is 1.26. The SMILES string of the molecule is N#Cc1ccc(-c2ccncc2)[nH]c1=O. The minimum absolute atomic E-state index is 0.118. The van der Waals surface area contributed by atoms with Crippen molar-refractivity contribution in [1.82, 2.24) is 9.97 Å². The zero-order chi connectivity index (χ0) is 10.7. The second-order valence-electron chi connectivity index (χ2n) is 2.96. The monoisotopic (exact) mass is 197 g/mol. The van der Waals surface area contributed by atoms with Gasteiger partial charge in [-0.2, -0.15) is 5.26 Å². The Balaban J connectivity index is 2.54. The van der Waals surface area contributed by atoms with Gasteiger partial charge in [-0.15, -0.1) is 0 Å².